The van der Waals surface area contributed by atoms with Gasteiger partial charge in [0.15, 0.2) is 0 Å². The summed E-state index contributed by atoms with van der Waals surface area (Å²) in [6.45, 7) is 1.40. The van der Waals surface area contributed by atoms with E-state index in [1.807, 2.05) is 0 Å². The molecule has 0 saturated heterocycles. The summed E-state index contributed by atoms with van der Waals surface area (Å²) >= 11 is 0. The van der Waals surface area contributed by atoms with Crippen molar-refractivity contribution in [3.8, 4) is 0 Å². The molecule has 6 nitrogen and oxygen atoms in total. The van der Waals surface area contributed by atoms with Crippen LogP contribution in [-0.2, 0) is 14.4 Å². The number of rotatable bonds is 4. The maximum atomic E-state index is 11.8. The Morgan fingerprint density at radius 2 is 1.79 bits per heavy atom. The van der Waals surface area contributed by atoms with Crippen LogP contribution in [0.3, 0.4) is 0 Å². The van der Waals surface area contributed by atoms with Crippen LogP contribution in [0.5, 0.6) is 0 Å². The van der Waals surface area contributed by atoms with Gasteiger partial charge in [0.1, 0.15) is 0 Å². The topological polar surface area (TPSA) is 95.5 Å². The maximum absolute atomic E-state index is 11.8. The fourth-order valence-corrected chi connectivity index (χ4v) is 1.87. The highest BCUT2D eigenvalue weighted by Crippen LogP contribution is 2.39. The van der Waals surface area contributed by atoms with Crippen LogP contribution in [-0.4, -0.2) is 22.9 Å². The molecule has 6 heteroatoms. The minimum absolute atomic E-state index is 0.198. The summed E-state index contributed by atoms with van der Waals surface area (Å²) in [5.41, 5.74) is 1.11. The molecule has 0 spiro atoms. The molecule has 1 aromatic rings. The van der Waals surface area contributed by atoms with Crippen molar-refractivity contribution in [2.45, 2.75) is 13.3 Å². The van der Waals surface area contributed by atoms with Gasteiger partial charge in [-0.05, 0) is 24.6 Å². The Kier molecular flexibility index (Phi) is 3.50. The lowest BCUT2D eigenvalue weighted by atomic mass is 10.2. The van der Waals surface area contributed by atoms with Gasteiger partial charge < -0.3 is 15.7 Å². The fourth-order valence-electron chi connectivity index (χ4n) is 1.87. The number of hydrogen-bond acceptors (Lipinski definition) is 3. The standard InChI is InChI=1S/C13H14N2O4/c1-7(16)14-8-3-2-4-9(5-8)15-12(17)10-6-11(10)13(18)19/h2-5,10-11H,6H2,1H3,(H,14,16)(H,15,17)(H,18,19). The van der Waals surface area contributed by atoms with Gasteiger partial charge in [0, 0.05) is 18.3 Å². The molecule has 19 heavy (non-hydrogen) atoms. The first-order valence-corrected chi connectivity index (χ1v) is 5.88. The summed E-state index contributed by atoms with van der Waals surface area (Å²) in [6.07, 6.45) is 0.382. The Labute approximate surface area is 109 Å². The highest BCUT2D eigenvalue weighted by atomic mass is 16.4. The van der Waals surface area contributed by atoms with E-state index >= 15 is 0 Å². The summed E-state index contributed by atoms with van der Waals surface area (Å²) < 4.78 is 0. The Morgan fingerprint density at radius 1 is 1.16 bits per heavy atom. The van der Waals surface area contributed by atoms with Crippen molar-refractivity contribution >= 4 is 29.2 Å². The molecule has 0 aliphatic heterocycles. The van der Waals surface area contributed by atoms with Gasteiger partial charge in [-0.3, -0.25) is 14.4 Å². The Hall–Kier alpha value is -2.37. The third kappa shape index (κ3) is 3.31. The molecule has 2 atom stereocenters. The highest BCUT2D eigenvalue weighted by molar-refractivity contribution is 5.99. The Morgan fingerprint density at radius 3 is 2.32 bits per heavy atom. The first-order chi connectivity index (χ1) is 8.97. The SMILES string of the molecule is CC(=O)Nc1cccc(NC(=O)C2CC2C(=O)O)c1. The van der Waals surface area contributed by atoms with E-state index in [2.05, 4.69) is 10.6 Å². The quantitative estimate of drug-likeness (QED) is 0.762. The molecule has 0 radical (unpaired) electrons. The molecular weight excluding hydrogens is 248 g/mol. The van der Waals surface area contributed by atoms with Gasteiger partial charge in [0.05, 0.1) is 11.8 Å². The number of nitrogens with one attached hydrogen (secondary N) is 2. The van der Waals surface area contributed by atoms with Gasteiger partial charge in [0.25, 0.3) is 0 Å². The zero-order chi connectivity index (χ0) is 14.0. The zero-order valence-corrected chi connectivity index (χ0v) is 10.3. The van der Waals surface area contributed by atoms with E-state index in [0.717, 1.165) is 0 Å². The van der Waals surface area contributed by atoms with Crippen molar-refractivity contribution in [3.63, 3.8) is 0 Å². The Balaban J connectivity index is 1.98. The molecule has 0 heterocycles. The van der Waals surface area contributed by atoms with Gasteiger partial charge in [-0.15, -0.1) is 0 Å². The smallest absolute Gasteiger partial charge is 0.307 e. The molecule has 1 fully saturated rings. The largest absolute Gasteiger partial charge is 0.481 e. The molecule has 3 N–H and O–H groups in total. The second-order valence-corrected chi connectivity index (χ2v) is 4.54. The minimum atomic E-state index is -0.938. The van der Waals surface area contributed by atoms with Crippen molar-refractivity contribution < 1.29 is 19.5 Å². The predicted octanol–water partition coefficient (Wildman–Crippen LogP) is 1.30. The maximum Gasteiger partial charge on any atom is 0.307 e. The third-order valence-electron chi connectivity index (χ3n) is 2.89. The summed E-state index contributed by atoms with van der Waals surface area (Å²) in [7, 11) is 0. The highest BCUT2D eigenvalue weighted by Gasteiger charge is 2.48. The fraction of sp³-hybridized carbons (Fsp3) is 0.308. The average molecular weight is 262 g/mol. The van der Waals surface area contributed by atoms with E-state index in [4.69, 9.17) is 5.11 Å². The van der Waals surface area contributed by atoms with E-state index in [1.165, 1.54) is 6.92 Å². The van der Waals surface area contributed by atoms with Gasteiger partial charge >= 0.3 is 5.97 Å². The number of aliphatic carboxylic acids is 1. The normalized spacial score (nSPS) is 20.5. The summed E-state index contributed by atoms with van der Waals surface area (Å²) in [5.74, 6) is -2.46. The molecule has 1 aliphatic rings. The number of carbonyl (C=O) groups excluding carboxylic acids is 2. The molecule has 2 rings (SSSR count). The number of benzene rings is 1. The van der Waals surface area contributed by atoms with Crippen molar-refractivity contribution in [1.82, 2.24) is 0 Å². The molecule has 0 bridgehead atoms. The molecule has 1 saturated carbocycles. The van der Waals surface area contributed by atoms with E-state index in [9.17, 15) is 14.4 Å². The number of amides is 2. The van der Waals surface area contributed by atoms with Gasteiger partial charge in [0.2, 0.25) is 11.8 Å². The van der Waals surface area contributed by atoms with Gasteiger partial charge in [-0.25, -0.2) is 0 Å². The van der Waals surface area contributed by atoms with Crippen LogP contribution in [0.25, 0.3) is 0 Å². The number of carbonyl (C=O) groups is 3. The van der Waals surface area contributed by atoms with Crippen LogP contribution in [0.15, 0.2) is 24.3 Å². The first-order valence-electron chi connectivity index (χ1n) is 5.88. The van der Waals surface area contributed by atoms with Crippen LogP contribution >= 0.6 is 0 Å². The number of carboxylic acids is 1. The van der Waals surface area contributed by atoms with E-state index in [-0.39, 0.29) is 11.8 Å². The van der Waals surface area contributed by atoms with Crippen molar-refractivity contribution in [2.24, 2.45) is 11.8 Å². The molecule has 2 unspecified atom stereocenters. The molecule has 1 aliphatic carbocycles. The second-order valence-electron chi connectivity index (χ2n) is 4.54. The lowest BCUT2D eigenvalue weighted by Crippen LogP contribution is -2.17. The summed E-state index contributed by atoms with van der Waals surface area (Å²) in [6, 6.07) is 6.70. The molecule has 100 valence electrons. The Bertz CT molecular complexity index is 541. The first kappa shape index (κ1) is 13.1. The van der Waals surface area contributed by atoms with Gasteiger partial charge in [-0.1, -0.05) is 6.07 Å². The summed E-state index contributed by atoms with van der Waals surface area (Å²) in [4.78, 5) is 33.4. The predicted molar refractivity (Wildman–Crippen MR) is 68.6 cm³/mol. The molecule has 1 aromatic carbocycles. The zero-order valence-electron chi connectivity index (χ0n) is 10.3. The van der Waals surface area contributed by atoms with Crippen LogP contribution in [0, 0.1) is 11.8 Å². The number of carboxylic acid groups (broad SMARTS) is 1. The average Bonchev–Trinajstić information content (AvgIpc) is 3.08. The lowest BCUT2D eigenvalue weighted by molar-refractivity contribution is -0.139. The van der Waals surface area contributed by atoms with Crippen molar-refractivity contribution in [1.29, 1.82) is 0 Å². The van der Waals surface area contributed by atoms with Gasteiger partial charge in [-0.2, -0.15) is 0 Å². The summed E-state index contributed by atoms with van der Waals surface area (Å²) in [5, 5.41) is 14.0. The number of anilines is 2. The molecule has 2 amide bonds. The second kappa shape index (κ2) is 5.09. The minimum Gasteiger partial charge on any atom is -0.481 e. The van der Waals surface area contributed by atoms with E-state index in [1.54, 1.807) is 24.3 Å². The molecule has 0 aromatic heterocycles. The van der Waals surface area contributed by atoms with E-state index < -0.39 is 17.8 Å². The lowest BCUT2D eigenvalue weighted by Gasteiger charge is -2.07. The third-order valence-corrected chi connectivity index (χ3v) is 2.89. The van der Waals surface area contributed by atoms with Crippen LogP contribution in [0.1, 0.15) is 13.3 Å². The van der Waals surface area contributed by atoms with Crippen LogP contribution < -0.4 is 10.6 Å². The van der Waals surface area contributed by atoms with Crippen molar-refractivity contribution in [3.05, 3.63) is 24.3 Å². The number of hydrogen-bond donors (Lipinski definition) is 3. The van der Waals surface area contributed by atoms with E-state index in [0.29, 0.717) is 17.8 Å². The van der Waals surface area contributed by atoms with Crippen LogP contribution in [0.4, 0.5) is 11.4 Å². The molecular formula is C13H14N2O4. The van der Waals surface area contributed by atoms with Crippen molar-refractivity contribution in [2.75, 3.05) is 10.6 Å². The van der Waals surface area contributed by atoms with Crippen LogP contribution in [0.2, 0.25) is 0 Å². The monoisotopic (exact) mass is 262 g/mol.